The lowest BCUT2D eigenvalue weighted by atomic mass is 9.91. The third kappa shape index (κ3) is 6.94. The number of nitriles is 1. The van der Waals surface area contributed by atoms with Gasteiger partial charge in [-0.15, -0.1) is 0 Å². The lowest BCUT2D eigenvalue weighted by Gasteiger charge is -2.14. The van der Waals surface area contributed by atoms with E-state index in [1.165, 1.54) is 0 Å². The fourth-order valence-electron chi connectivity index (χ4n) is 3.86. The first-order valence-electron chi connectivity index (χ1n) is 11.2. The van der Waals surface area contributed by atoms with Gasteiger partial charge in [0.15, 0.2) is 0 Å². The molecule has 174 valence electrons. The van der Waals surface area contributed by atoms with Crippen molar-refractivity contribution in [3.8, 4) is 6.07 Å². The second kappa shape index (κ2) is 10.3. The summed E-state index contributed by atoms with van der Waals surface area (Å²) in [5.41, 5.74) is 15.1. The van der Waals surface area contributed by atoms with Crippen molar-refractivity contribution in [3.63, 3.8) is 0 Å². The van der Waals surface area contributed by atoms with Crippen molar-refractivity contribution in [2.75, 3.05) is 5.32 Å². The molecule has 0 saturated heterocycles. The monoisotopic (exact) mass is 448 g/mol. The molecule has 0 unspecified atom stereocenters. The Bertz CT molecular complexity index is 1080. The number of hydrogen-bond acceptors (Lipinski definition) is 6. The van der Waals surface area contributed by atoms with Crippen molar-refractivity contribution in [2.24, 2.45) is 21.9 Å². The number of hydrogen-bond donors (Lipinski definition) is 3. The highest BCUT2D eigenvalue weighted by Crippen LogP contribution is 2.23. The van der Waals surface area contributed by atoms with Crippen molar-refractivity contribution in [2.45, 2.75) is 65.3 Å². The van der Waals surface area contributed by atoms with E-state index < -0.39 is 0 Å². The summed E-state index contributed by atoms with van der Waals surface area (Å²) in [4.78, 5) is 16.9. The number of nitrogens with two attached hydrogens (primary N) is 2. The van der Waals surface area contributed by atoms with Gasteiger partial charge in [0.25, 0.3) is 0 Å². The second-order valence-electron chi connectivity index (χ2n) is 9.69. The standard InChI is InChI=1S/C25H32N6O2/c1-25(2,3)14-19-13-22(33-31-19)30-21(32)12-16-8-10-17(11-9-16)23(27)20(15-26)24(28)29-18-6-4-5-7-18/h8-11,13,18H,4-7,12,14,27H2,1-3H3,(H2,28,29)(H,30,32). The van der Waals surface area contributed by atoms with Crippen molar-refractivity contribution < 1.29 is 9.32 Å². The van der Waals surface area contributed by atoms with E-state index in [0.717, 1.165) is 43.4 Å². The maximum absolute atomic E-state index is 12.4. The van der Waals surface area contributed by atoms with E-state index >= 15 is 0 Å². The van der Waals surface area contributed by atoms with Gasteiger partial charge in [-0.05, 0) is 35.8 Å². The zero-order chi connectivity index (χ0) is 24.0. The topological polar surface area (TPSA) is 143 Å². The number of aliphatic imine (C=N–C) groups is 1. The minimum absolute atomic E-state index is 0.0780. The average molecular weight is 449 g/mol. The Morgan fingerprint density at radius 3 is 2.52 bits per heavy atom. The molecule has 1 aromatic carbocycles. The Hall–Kier alpha value is -3.60. The summed E-state index contributed by atoms with van der Waals surface area (Å²) < 4.78 is 5.22. The highest BCUT2D eigenvalue weighted by molar-refractivity contribution is 6.07. The van der Waals surface area contributed by atoms with Crippen LogP contribution in [0.2, 0.25) is 0 Å². The molecule has 1 heterocycles. The molecule has 0 spiro atoms. The SMILES string of the molecule is CC(C)(C)Cc1cc(NC(=O)Cc2ccc(C(N)=C(C#N)C(N)=NC3CCCC3)cc2)on1. The highest BCUT2D eigenvalue weighted by Gasteiger charge is 2.18. The zero-order valence-corrected chi connectivity index (χ0v) is 19.5. The lowest BCUT2D eigenvalue weighted by Crippen LogP contribution is -2.20. The maximum Gasteiger partial charge on any atom is 0.231 e. The molecule has 1 aliphatic carbocycles. The van der Waals surface area contributed by atoms with Crippen LogP contribution in [-0.4, -0.2) is 22.9 Å². The number of amidine groups is 1. The molecule has 5 N–H and O–H groups in total. The molecule has 3 rings (SSSR count). The van der Waals surface area contributed by atoms with Crippen LogP contribution < -0.4 is 16.8 Å². The minimum atomic E-state index is -0.213. The smallest absolute Gasteiger partial charge is 0.231 e. The number of anilines is 1. The summed E-state index contributed by atoms with van der Waals surface area (Å²) in [6, 6.07) is 11.1. The predicted molar refractivity (Wildman–Crippen MR) is 129 cm³/mol. The first-order valence-corrected chi connectivity index (χ1v) is 11.2. The summed E-state index contributed by atoms with van der Waals surface area (Å²) in [6.45, 7) is 6.34. The van der Waals surface area contributed by atoms with E-state index in [1.807, 2.05) is 0 Å². The lowest BCUT2D eigenvalue weighted by molar-refractivity contribution is -0.115. The fraction of sp³-hybridized carbons (Fsp3) is 0.440. The number of rotatable bonds is 7. The van der Waals surface area contributed by atoms with Crippen LogP contribution in [0.4, 0.5) is 5.88 Å². The van der Waals surface area contributed by atoms with E-state index in [2.05, 4.69) is 42.3 Å². The highest BCUT2D eigenvalue weighted by atomic mass is 16.5. The molecule has 8 heteroatoms. The number of carbonyl (C=O) groups excluding carboxylic acids is 1. The van der Waals surface area contributed by atoms with Crippen molar-refractivity contribution >= 4 is 23.3 Å². The number of carbonyl (C=O) groups is 1. The van der Waals surface area contributed by atoms with Crippen LogP contribution in [0.25, 0.3) is 5.70 Å². The van der Waals surface area contributed by atoms with Crippen LogP contribution in [0.3, 0.4) is 0 Å². The number of nitrogens with zero attached hydrogens (tertiary/aromatic N) is 3. The van der Waals surface area contributed by atoms with Gasteiger partial charge >= 0.3 is 0 Å². The van der Waals surface area contributed by atoms with Gasteiger partial charge in [-0.3, -0.25) is 15.1 Å². The Kier molecular flexibility index (Phi) is 7.54. The van der Waals surface area contributed by atoms with Crippen molar-refractivity contribution in [1.82, 2.24) is 5.16 Å². The molecule has 1 amide bonds. The molecular formula is C25H32N6O2. The fourth-order valence-corrected chi connectivity index (χ4v) is 3.86. The van der Waals surface area contributed by atoms with Crippen LogP contribution >= 0.6 is 0 Å². The molecule has 8 nitrogen and oxygen atoms in total. The first-order chi connectivity index (χ1) is 15.6. The molecule has 1 aliphatic rings. The quantitative estimate of drug-likeness (QED) is 0.332. The van der Waals surface area contributed by atoms with Crippen LogP contribution in [0.5, 0.6) is 0 Å². The van der Waals surface area contributed by atoms with Gasteiger partial charge in [-0.25, -0.2) is 0 Å². The molecule has 1 saturated carbocycles. The van der Waals surface area contributed by atoms with Gasteiger partial charge in [0.2, 0.25) is 11.8 Å². The third-order valence-electron chi connectivity index (χ3n) is 5.45. The summed E-state index contributed by atoms with van der Waals surface area (Å²) in [7, 11) is 0. The van der Waals surface area contributed by atoms with Crippen molar-refractivity contribution in [1.29, 1.82) is 5.26 Å². The average Bonchev–Trinajstić information content (AvgIpc) is 3.39. The summed E-state index contributed by atoms with van der Waals surface area (Å²) in [6.07, 6.45) is 5.15. The molecule has 1 aromatic heterocycles. The summed E-state index contributed by atoms with van der Waals surface area (Å²) >= 11 is 0. The minimum Gasteiger partial charge on any atom is -0.397 e. The molecule has 0 aliphatic heterocycles. The molecule has 2 aromatic rings. The van der Waals surface area contributed by atoms with Gasteiger partial charge in [0.05, 0.1) is 23.9 Å². The van der Waals surface area contributed by atoms with E-state index in [4.69, 9.17) is 16.0 Å². The van der Waals surface area contributed by atoms with E-state index in [9.17, 15) is 10.1 Å². The van der Waals surface area contributed by atoms with Crippen LogP contribution in [-0.2, 0) is 17.6 Å². The molecule has 33 heavy (non-hydrogen) atoms. The predicted octanol–water partition coefficient (Wildman–Crippen LogP) is 3.94. The molecular weight excluding hydrogens is 416 g/mol. The van der Waals surface area contributed by atoms with E-state index in [0.29, 0.717) is 11.4 Å². The molecule has 0 radical (unpaired) electrons. The Morgan fingerprint density at radius 2 is 1.91 bits per heavy atom. The first kappa shape index (κ1) is 24.1. The van der Waals surface area contributed by atoms with Gasteiger partial charge < -0.3 is 16.0 Å². The van der Waals surface area contributed by atoms with Gasteiger partial charge in [-0.1, -0.05) is 63.0 Å². The van der Waals surface area contributed by atoms with E-state index in [1.54, 1.807) is 30.3 Å². The normalized spacial score (nSPS) is 15.8. The largest absolute Gasteiger partial charge is 0.397 e. The Morgan fingerprint density at radius 1 is 1.24 bits per heavy atom. The number of nitrogens with one attached hydrogen (secondary N) is 1. The Labute approximate surface area is 194 Å². The number of aromatic nitrogens is 1. The molecule has 1 fully saturated rings. The number of amides is 1. The third-order valence-corrected chi connectivity index (χ3v) is 5.45. The molecule has 0 bridgehead atoms. The zero-order valence-electron chi connectivity index (χ0n) is 19.5. The summed E-state index contributed by atoms with van der Waals surface area (Å²) in [5, 5.41) is 16.3. The van der Waals surface area contributed by atoms with Gasteiger partial charge in [0, 0.05) is 6.07 Å². The number of benzene rings is 1. The molecule has 0 atom stereocenters. The summed E-state index contributed by atoms with van der Waals surface area (Å²) in [5.74, 6) is 0.303. The Balaban J connectivity index is 1.64. The van der Waals surface area contributed by atoms with Gasteiger partial charge in [0.1, 0.15) is 17.5 Å². The van der Waals surface area contributed by atoms with Crippen LogP contribution in [0.1, 0.15) is 63.3 Å². The van der Waals surface area contributed by atoms with Gasteiger partial charge in [-0.2, -0.15) is 5.26 Å². The second-order valence-corrected chi connectivity index (χ2v) is 9.69. The van der Waals surface area contributed by atoms with E-state index in [-0.39, 0.29) is 40.9 Å². The van der Waals surface area contributed by atoms with Crippen LogP contribution in [0, 0.1) is 16.7 Å². The maximum atomic E-state index is 12.4. The van der Waals surface area contributed by atoms with Crippen molar-refractivity contribution in [3.05, 3.63) is 52.7 Å². The van der Waals surface area contributed by atoms with Crippen LogP contribution in [0.15, 0.2) is 45.4 Å².